The first-order valence-electron chi connectivity index (χ1n) is 4.38. The minimum absolute atomic E-state index is 0.134. The summed E-state index contributed by atoms with van der Waals surface area (Å²) in [4.78, 5) is 21.5. The normalized spacial score (nSPS) is 9.64. The Balaban J connectivity index is 3.15. The maximum atomic E-state index is 10.8. The van der Waals surface area contributed by atoms with Crippen molar-refractivity contribution in [3.63, 3.8) is 0 Å². The molecule has 1 rings (SSSR count). The van der Waals surface area contributed by atoms with Crippen LogP contribution in [0.1, 0.15) is 28.4 Å². The Morgan fingerprint density at radius 2 is 2.00 bits per heavy atom. The summed E-state index contributed by atoms with van der Waals surface area (Å²) in [5.41, 5.74) is 3.24. The number of rotatable bonds is 2. The molecular weight excluding hydrogens is 178 g/mol. The van der Waals surface area contributed by atoms with E-state index in [2.05, 4.69) is 5.32 Å². The van der Waals surface area contributed by atoms with Gasteiger partial charge >= 0.3 is 0 Å². The molecule has 1 N–H and O–H groups in total. The summed E-state index contributed by atoms with van der Waals surface area (Å²) in [6.45, 7) is 5.24. The van der Waals surface area contributed by atoms with Gasteiger partial charge in [-0.2, -0.15) is 0 Å². The summed E-state index contributed by atoms with van der Waals surface area (Å²) >= 11 is 0. The molecule has 0 atom stereocenters. The van der Waals surface area contributed by atoms with Crippen LogP contribution < -0.4 is 5.32 Å². The standard InChI is InChI=1S/C11H13NO2/c1-7-4-11(12-9(3)14)5-10(6-13)8(7)2/h4-6H,1-3H3,(H,12,14). The van der Waals surface area contributed by atoms with Crippen LogP contribution in [-0.4, -0.2) is 12.2 Å². The number of hydrogen-bond acceptors (Lipinski definition) is 2. The predicted molar refractivity (Wildman–Crippen MR) is 55.6 cm³/mol. The Morgan fingerprint density at radius 1 is 1.36 bits per heavy atom. The van der Waals surface area contributed by atoms with E-state index in [4.69, 9.17) is 0 Å². The smallest absolute Gasteiger partial charge is 0.221 e. The fraction of sp³-hybridized carbons (Fsp3) is 0.273. The summed E-state index contributed by atoms with van der Waals surface area (Å²) < 4.78 is 0. The molecule has 3 nitrogen and oxygen atoms in total. The maximum Gasteiger partial charge on any atom is 0.221 e. The average Bonchev–Trinajstić information content (AvgIpc) is 2.10. The first-order valence-corrected chi connectivity index (χ1v) is 4.38. The largest absolute Gasteiger partial charge is 0.326 e. The van der Waals surface area contributed by atoms with Gasteiger partial charge in [0, 0.05) is 18.2 Å². The van der Waals surface area contributed by atoms with Crippen LogP contribution in [-0.2, 0) is 4.79 Å². The highest BCUT2D eigenvalue weighted by Gasteiger charge is 2.04. The molecule has 0 spiro atoms. The van der Waals surface area contributed by atoms with E-state index in [1.165, 1.54) is 6.92 Å². The van der Waals surface area contributed by atoms with Crippen molar-refractivity contribution in [1.29, 1.82) is 0 Å². The van der Waals surface area contributed by atoms with E-state index in [1.807, 2.05) is 19.9 Å². The van der Waals surface area contributed by atoms with Gasteiger partial charge in [0.25, 0.3) is 0 Å². The Labute approximate surface area is 83.1 Å². The summed E-state index contributed by atoms with van der Waals surface area (Å²) in [7, 11) is 0. The SMILES string of the molecule is CC(=O)Nc1cc(C)c(C)c(C=O)c1. The number of carbonyl (C=O) groups is 2. The van der Waals surface area contributed by atoms with Crippen molar-refractivity contribution in [3.05, 3.63) is 28.8 Å². The first-order chi connectivity index (χ1) is 6.54. The molecule has 0 saturated carbocycles. The summed E-state index contributed by atoms with van der Waals surface area (Å²) in [5, 5.41) is 2.65. The van der Waals surface area contributed by atoms with E-state index in [-0.39, 0.29) is 5.91 Å². The molecule has 0 heterocycles. The van der Waals surface area contributed by atoms with E-state index >= 15 is 0 Å². The molecule has 0 unspecified atom stereocenters. The van der Waals surface area contributed by atoms with E-state index in [9.17, 15) is 9.59 Å². The van der Waals surface area contributed by atoms with Crippen molar-refractivity contribution in [2.75, 3.05) is 5.32 Å². The molecule has 74 valence electrons. The first kappa shape index (κ1) is 10.4. The van der Waals surface area contributed by atoms with Gasteiger partial charge in [0.05, 0.1) is 0 Å². The topological polar surface area (TPSA) is 46.2 Å². The van der Waals surface area contributed by atoms with Crippen LogP contribution in [0.25, 0.3) is 0 Å². The third kappa shape index (κ3) is 2.19. The van der Waals surface area contributed by atoms with Crippen molar-refractivity contribution < 1.29 is 9.59 Å². The summed E-state index contributed by atoms with van der Waals surface area (Å²) in [5.74, 6) is -0.134. The fourth-order valence-corrected chi connectivity index (χ4v) is 1.28. The average molecular weight is 191 g/mol. The molecule has 1 aromatic carbocycles. The summed E-state index contributed by atoms with van der Waals surface area (Å²) in [6, 6.07) is 3.53. The van der Waals surface area contributed by atoms with Gasteiger partial charge in [-0.15, -0.1) is 0 Å². The van der Waals surface area contributed by atoms with Crippen molar-refractivity contribution in [3.8, 4) is 0 Å². The van der Waals surface area contributed by atoms with Crippen LogP contribution in [0.4, 0.5) is 5.69 Å². The van der Waals surface area contributed by atoms with Crippen molar-refractivity contribution in [2.24, 2.45) is 0 Å². The fourth-order valence-electron chi connectivity index (χ4n) is 1.28. The second-order valence-electron chi connectivity index (χ2n) is 3.31. The van der Waals surface area contributed by atoms with Crippen LogP contribution in [0.5, 0.6) is 0 Å². The van der Waals surface area contributed by atoms with Gasteiger partial charge in [-0.05, 0) is 37.1 Å². The van der Waals surface area contributed by atoms with Crippen LogP contribution in [0.3, 0.4) is 0 Å². The van der Waals surface area contributed by atoms with E-state index in [0.29, 0.717) is 11.3 Å². The molecular formula is C11H13NO2. The van der Waals surface area contributed by atoms with Gasteiger partial charge in [0.1, 0.15) is 6.29 Å². The zero-order valence-corrected chi connectivity index (χ0v) is 8.55. The highest BCUT2D eigenvalue weighted by molar-refractivity contribution is 5.90. The van der Waals surface area contributed by atoms with Crippen LogP contribution in [0.2, 0.25) is 0 Å². The number of benzene rings is 1. The van der Waals surface area contributed by atoms with Crippen molar-refractivity contribution >= 4 is 17.9 Å². The minimum atomic E-state index is -0.134. The third-order valence-electron chi connectivity index (χ3n) is 2.15. The maximum absolute atomic E-state index is 10.8. The van der Waals surface area contributed by atoms with E-state index in [1.54, 1.807) is 6.07 Å². The number of nitrogens with one attached hydrogen (secondary N) is 1. The highest BCUT2D eigenvalue weighted by atomic mass is 16.1. The molecule has 0 aromatic heterocycles. The predicted octanol–water partition coefficient (Wildman–Crippen LogP) is 2.07. The van der Waals surface area contributed by atoms with Gasteiger partial charge in [0.15, 0.2) is 0 Å². The number of aryl methyl sites for hydroxylation is 1. The molecule has 0 aliphatic carbocycles. The summed E-state index contributed by atoms with van der Waals surface area (Å²) in [6.07, 6.45) is 0.799. The van der Waals surface area contributed by atoms with Crippen LogP contribution >= 0.6 is 0 Å². The molecule has 0 saturated heterocycles. The Hall–Kier alpha value is -1.64. The Morgan fingerprint density at radius 3 is 2.50 bits per heavy atom. The molecule has 1 aromatic rings. The number of amides is 1. The zero-order chi connectivity index (χ0) is 10.7. The quantitative estimate of drug-likeness (QED) is 0.727. The number of carbonyl (C=O) groups excluding carboxylic acids is 2. The molecule has 1 amide bonds. The number of hydrogen-bond donors (Lipinski definition) is 1. The Kier molecular flexibility index (Phi) is 3.02. The lowest BCUT2D eigenvalue weighted by Crippen LogP contribution is -2.07. The van der Waals surface area contributed by atoms with E-state index < -0.39 is 0 Å². The van der Waals surface area contributed by atoms with Crippen molar-refractivity contribution in [1.82, 2.24) is 0 Å². The van der Waals surface area contributed by atoms with Gasteiger partial charge in [-0.1, -0.05) is 0 Å². The second-order valence-corrected chi connectivity index (χ2v) is 3.31. The van der Waals surface area contributed by atoms with Gasteiger partial charge < -0.3 is 5.32 Å². The molecule has 14 heavy (non-hydrogen) atoms. The highest BCUT2D eigenvalue weighted by Crippen LogP contribution is 2.18. The third-order valence-corrected chi connectivity index (χ3v) is 2.15. The monoisotopic (exact) mass is 191 g/mol. The Bertz CT molecular complexity index is 383. The van der Waals surface area contributed by atoms with Gasteiger partial charge in [0.2, 0.25) is 5.91 Å². The van der Waals surface area contributed by atoms with E-state index in [0.717, 1.165) is 17.4 Å². The minimum Gasteiger partial charge on any atom is -0.326 e. The molecule has 3 heteroatoms. The molecule has 0 aliphatic heterocycles. The van der Waals surface area contributed by atoms with Crippen LogP contribution in [0, 0.1) is 13.8 Å². The van der Waals surface area contributed by atoms with Gasteiger partial charge in [-0.25, -0.2) is 0 Å². The number of anilines is 1. The molecule has 0 fully saturated rings. The van der Waals surface area contributed by atoms with Crippen LogP contribution in [0.15, 0.2) is 12.1 Å². The number of aldehydes is 1. The lowest BCUT2D eigenvalue weighted by molar-refractivity contribution is -0.114. The zero-order valence-electron chi connectivity index (χ0n) is 8.55. The second kappa shape index (κ2) is 4.05. The lowest BCUT2D eigenvalue weighted by atomic mass is 10.0. The molecule has 0 aliphatic rings. The van der Waals surface area contributed by atoms with Crippen molar-refractivity contribution in [2.45, 2.75) is 20.8 Å². The van der Waals surface area contributed by atoms with Gasteiger partial charge in [-0.3, -0.25) is 9.59 Å². The molecule has 0 bridgehead atoms. The lowest BCUT2D eigenvalue weighted by Gasteiger charge is -2.08. The molecule has 0 radical (unpaired) electrons.